The molecule has 0 radical (unpaired) electrons. The summed E-state index contributed by atoms with van der Waals surface area (Å²) in [5.41, 5.74) is 5.59. The number of nitrogens with two attached hydrogens (primary N) is 1. The normalized spacial score (nSPS) is 14.1. The highest BCUT2D eigenvalue weighted by molar-refractivity contribution is 7.99. The maximum atomic E-state index is 5.59. The van der Waals surface area contributed by atoms with Crippen LogP contribution in [0.1, 0.15) is 27.2 Å². The van der Waals surface area contributed by atoms with Crippen molar-refractivity contribution in [2.24, 2.45) is 11.7 Å². The van der Waals surface area contributed by atoms with E-state index in [4.69, 9.17) is 5.73 Å². The molecule has 1 nitrogen and oxygen atoms in total. The zero-order valence-electron chi connectivity index (χ0n) is 7.26. The lowest BCUT2D eigenvalue weighted by molar-refractivity contribution is 0.631. The summed E-state index contributed by atoms with van der Waals surface area (Å²) in [4.78, 5) is 0. The molecular weight excluding hydrogens is 142 g/mol. The fourth-order valence-electron chi connectivity index (χ4n) is 0.588. The summed E-state index contributed by atoms with van der Waals surface area (Å²) >= 11 is 1.96. The summed E-state index contributed by atoms with van der Waals surface area (Å²) in [6, 6.07) is 0.358. The molecule has 10 heavy (non-hydrogen) atoms. The van der Waals surface area contributed by atoms with Gasteiger partial charge in [-0.3, -0.25) is 0 Å². The minimum atomic E-state index is 0.358. The summed E-state index contributed by atoms with van der Waals surface area (Å²) < 4.78 is 0. The molecule has 0 spiro atoms. The quantitative estimate of drug-likeness (QED) is 0.625. The molecule has 1 atom stereocenters. The minimum Gasteiger partial charge on any atom is -0.327 e. The number of hydrogen-bond donors (Lipinski definition) is 1. The molecular formula is C8H19NS. The number of hydrogen-bond acceptors (Lipinski definition) is 2. The van der Waals surface area contributed by atoms with Gasteiger partial charge in [-0.2, -0.15) is 11.8 Å². The predicted molar refractivity (Wildman–Crippen MR) is 50.4 cm³/mol. The predicted octanol–water partition coefficient (Wildman–Crippen LogP) is 2.11. The van der Waals surface area contributed by atoms with E-state index < -0.39 is 0 Å². The van der Waals surface area contributed by atoms with Gasteiger partial charge in [-0.15, -0.1) is 0 Å². The van der Waals surface area contributed by atoms with Crippen LogP contribution in [-0.2, 0) is 0 Å². The van der Waals surface area contributed by atoms with Crippen LogP contribution in [0.5, 0.6) is 0 Å². The van der Waals surface area contributed by atoms with E-state index >= 15 is 0 Å². The summed E-state index contributed by atoms with van der Waals surface area (Å²) in [5.74, 6) is 3.20. The van der Waals surface area contributed by atoms with Crippen molar-refractivity contribution in [3.8, 4) is 0 Å². The van der Waals surface area contributed by atoms with Crippen LogP contribution in [0.15, 0.2) is 0 Å². The van der Waals surface area contributed by atoms with Crippen molar-refractivity contribution >= 4 is 11.8 Å². The van der Waals surface area contributed by atoms with Gasteiger partial charge >= 0.3 is 0 Å². The number of rotatable bonds is 5. The highest BCUT2D eigenvalue weighted by Gasteiger charge is 1.96. The van der Waals surface area contributed by atoms with E-state index in [0.29, 0.717) is 6.04 Å². The summed E-state index contributed by atoms with van der Waals surface area (Å²) in [7, 11) is 0. The molecule has 0 aliphatic carbocycles. The van der Waals surface area contributed by atoms with Crippen molar-refractivity contribution in [1.29, 1.82) is 0 Å². The molecule has 0 heterocycles. The van der Waals surface area contributed by atoms with E-state index in [2.05, 4.69) is 20.8 Å². The van der Waals surface area contributed by atoms with Crippen LogP contribution in [0.25, 0.3) is 0 Å². The molecule has 1 unspecified atom stereocenters. The van der Waals surface area contributed by atoms with E-state index in [1.807, 2.05) is 11.8 Å². The molecule has 0 aromatic carbocycles. The smallest absolute Gasteiger partial charge is 0.0101 e. The SMILES string of the molecule is CC(C)CCSCC(C)N. The van der Waals surface area contributed by atoms with Crippen LogP contribution < -0.4 is 5.73 Å². The Bertz CT molecular complexity index is 61.7. The van der Waals surface area contributed by atoms with Crippen LogP contribution in [-0.4, -0.2) is 17.5 Å². The first-order chi connectivity index (χ1) is 4.63. The average Bonchev–Trinajstić information content (AvgIpc) is 1.79. The molecule has 62 valence electrons. The summed E-state index contributed by atoms with van der Waals surface area (Å²) in [6.45, 7) is 6.57. The molecule has 2 N–H and O–H groups in total. The topological polar surface area (TPSA) is 26.0 Å². The van der Waals surface area contributed by atoms with Gasteiger partial charge in [0.25, 0.3) is 0 Å². The Hall–Kier alpha value is 0.310. The van der Waals surface area contributed by atoms with Crippen molar-refractivity contribution < 1.29 is 0 Å². The molecule has 0 saturated carbocycles. The molecule has 0 aromatic rings. The molecule has 0 rings (SSSR count). The zero-order valence-corrected chi connectivity index (χ0v) is 8.08. The molecule has 0 saturated heterocycles. The van der Waals surface area contributed by atoms with Crippen LogP contribution in [0, 0.1) is 5.92 Å². The van der Waals surface area contributed by atoms with Gasteiger partial charge in [0.15, 0.2) is 0 Å². The highest BCUT2D eigenvalue weighted by Crippen LogP contribution is 2.08. The van der Waals surface area contributed by atoms with Gasteiger partial charge in [0.2, 0.25) is 0 Å². The molecule has 0 bridgehead atoms. The largest absolute Gasteiger partial charge is 0.327 e. The maximum Gasteiger partial charge on any atom is 0.0101 e. The molecule has 0 aromatic heterocycles. The molecule has 0 fully saturated rings. The van der Waals surface area contributed by atoms with E-state index in [1.54, 1.807) is 0 Å². The fraction of sp³-hybridized carbons (Fsp3) is 1.00. The lowest BCUT2D eigenvalue weighted by Crippen LogP contribution is -2.17. The van der Waals surface area contributed by atoms with Crippen molar-refractivity contribution in [2.45, 2.75) is 33.2 Å². The van der Waals surface area contributed by atoms with Crippen LogP contribution in [0.2, 0.25) is 0 Å². The lowest BCUT2D eigenvalue weighted by Gasteiger charge is -2.05. The Labute approximate surface area is 68.8 Å². The lowest BCUT2D eigenvalue weighted by atomic mass is 10.2. The Kier molecular flexibility index (Phi) is 6.24. The Morgan fingerprint density at radius 2 is 1.90 bits per heavy atom. The van der Waals surface area contributed by atoms with Gasteiger partial charge in [0, 0.05) is 11.8 Å². The van der Waals surface area contributed by atoms with Gasteiger partial charge in [-0.25, -0.2) is 0 Å². The third kappa shape index (κ3) is 8.31. The maximum absolute atomic E-state index is 5.59. The van der Waals surface area contributed by atoms with Crippen LogP contribution in [0.4, 0.5) is 0 Å². The highest BCUT2D eigenvalue weighted by atomic mass is 32.2. The first kappa shape index (κ1) is 10.3. The minimum absolute atomic E-state index is 0.358. The van der Waals surface area contributed by atoms with Gasteiger partial charge in [-0.1, -0.05) is 13.8 Å². The summed E-state index contributed by atoms with van der Waals surface area (Å²) in [6.07, 6.45) is 1.32. The van der Waals surface area contributed by atoms with Gasteiger partial charge in [0.05, 0.1) is 0 Å². The van der Waals surface area contributed by atoms with Crippen molar-refractivity contribution in [1.82, 2.24) is 0 Å². The molecule has 0 amide bonds. The van der Waals surface area contributed by atoms with E-state index in [-0.39, 0.29) is 0 Å². The standard InChI is InChI=1S/C8H19NS/c1-7(2)4-5-10-6-8(3)9/h7-8H,4-6,9H2,1-3H3. The van der Waals surface area contributed by atoms with E-state index in [0.717, 1.165) is 11.7 Å². The zero-order chi connectivity index (χ0) is 7.98. The van der Waals surface area contributed by atoms with Gasteiger partial charge < -0.3 is 5.73 Å². The van der Waals surface area contributed by atoms with Gasteiger partial charge in [-0.05, 0) is 25.0 Å². The second-order valence-corrected chi connectivity index (χ2v) is 4.38. The monoisotopic (exact) mass is 161 g/mol. The molecule has 0 aliphatic heterocycles. The second kappa shape index (κ2) is 6.05. The molecule has 0 aliphatic rings. The first-order valence-corrected chi connectivity index (χ1v) is 5.11. The van der Waals surface area contributed by atoms with Gasteiger partial charge in [0.1, 0.15) is 0 Å². The Morgan fingerprint density at radius 3 is 2.30 bits per heavy atom. The summed E-state index contributed by atoms with van der Waals surface area (Å²) in [5, 5.41) is 0. The molecule has 2 heteroatoms. The Morgan fingerprint density at radius 1 is 1.30 bits per heavy atom. The van der Waals surface area contributed by atoms with Crippen molar-refractivity contribution in [3.63, 3.8) is 0 Å². The average molecular weight is 161 g/mol. The third-order valence-electron chi connectivity index (χ3n) is 1.22. The Balaban J connectivity index is 2.91. The fourth-order valence-corrected chi connectivity index (χ4v) is 1.76. The van der Waals surface area contributed by atoms with Crippen molar-refractivity contribution in [3.05, 3.63) is 0 Å². The second-order valence-electron chi connectivity index (χ2n) is 3.23. The third-order valence-corrected chi connectivity index (χ3v) is 2.51. The van der Waals surface area contributed by atoms with E-state index in [1.165, 1.54) is 12.2 Å². The van der Waals surface area contributed by atoms with Crippen LogP contribution in [0.3, 0.4) is 0 Å². The van der Waals surface area contributed by atoms with E-state index in [9.17, 15) is 0 Å². The number of thioether (sulfide) groups is 1. The van der Waals surface area contributed by atoms with Crippen molar-refractivity contribution in [2.75, 3.05) is 11.5 Å². The van der Waals surface area contributed by atoms with Crippen LogP contribution >= 0.6 is 11.8 Å². The first-order valence-electron chi connectivity index (χ1n) is 3.96.